The first-order valence-electron chi connectivity index (χ1n) is 7.50. The van der Waals surface area contributed by atoms with E-state index >= 15 is 0 Å². The van der Waals surface area contributed by atoms with E-state index in [4.69, 9.17) is 0 Å². The van der Waals surface area contributed by atoms with E-state index in [1.165, 1.54) is 12.1 Å². The Labute approximate surface area is 145 Å². The van der Waals surface area contributed by atoms with Crippen LogP contribution in [-0.2, 0) is 25.3 Å². The lowest BCUT2D eigenvalue weighted by Crippen LogP contribution is -2.19. The van der Waals surface area contributed by atoms with Gasteiger partial charge in [-0.05, 0) is 23.8 Å². The fourth-order valence-electron chi connectivity index (χ4n) is 2.09. The van der Waals surface area contributed by atoms with Crippen molar-refractivity contribution in [3.05, 3.63) is 83.9 Å². The molecule has 0 amide bonds. The lowest BCUT2D eigenvalue weighted by atomic mass is 9.82. The van der Waals surface area contributed by atoms with Gasteiger partial charge in [0.1, 0.15) is 0 Å². The van der Waals surface area contributed by atoms with Crippen molar-refractivity contribution in [3.8, 4) is 0 Å². The molecule has 0 heterocycles. The maximum Gasteiger partial charge on any atom is 0.376 e. The highest BCUT2D eigenvalue weighted by Gasteiger charge is 2.24. The molecule has 0 aromatic heterocycles. The van der Waals surface area contributed by atoms with Crippen molar-refractivity contribution in [2.75, 3.05) is 0 Å². The molecule has 0 aliphatic carbocycles. The summed E-state index contributed by atoms with van der Waals surface area (Å²) in [6, 6.07) is 15.0. The van der Waals surface area contributed by atoms with Crippen molar-refractivity contribution in [2.45, 2.75) is 19.3 Å². The highest BCUT2D eigenvalue weighted by molar-refractivity contribution is 5.91. The van der Waals surface area contributed by atoms with Crippen LogP contribution < -0.4 is 0 Å². The Morgan fingerprint density at radius 1 is 0.880 bits per heavy atom. The predicted octanol–water partition coefficient (Wildman–Crippen LogP) is 3.94. The quantitative estimate of drug-likeness (QED) is 0.328. The molecule has 6 nitrogen and oxygen atoms in total. The van der Waals surface area contributed by atoms with Gasteiger partial charge in [0.25, 0.3) is 0 Å². The van der Waals surface area contributed by atoms with Crippen molar-refractivity contribution >= 4 is 11.9 Å². The monoisotopic (exact) mass is 342 g/mol. The molecule has 2 aromatic rings. The largest absolute Gasteiger partial charge is 0.376 e. The summed E-state index contributed by atoms with van der Waals surface area (Å²) < 4.78 is 0. The minimum absolute atomic E-state index is 0.260. The summed E-state index contributed by atoms with van der Waals surface area (Å²) in [5, 5.41) is 8.41. The van der Waals surface area contributed by atoms with Gasteiger partial charge in [0.05, 0.1) is 11.1 Å². The van der Waals surface area contributed by atoms with Crippen LogP contribution in [0.15, 0.2) is 67.3 Å². The average Bonchev–Trinajstić information content (AvgIpc) is 2.65. The van der Waals surface area contributed by atoms with Crippen molar-refractivity contribution < 1.29 is 29.4 Å². The van der Waals surface area contributed by atoms with E-state index in [1.807, 2.05) is 13.8 Å². The molecule has 0 atom stereocenters. The minimum Gasteiger partial charge on any atom is -0.260 e. The van der Waals surface area contributed by atoms with Crippen LogP contribution >= 0.6 is 0 Å². The first-order valence-corrected chi connectivity index (χ1v) is 7.50. The molecule has 0 bridgehead atoms. The molecule has 0 saturated heterocycles. The summed E-state index contributed by atoms with van der Waals surface area (Å²) >= 11 is 0. The maximum absolute atomic E-state index is 12.1. The van der Waals surface area contributed by atoms with Crippen LogP contribution in [0.1, 0.15) is 40.1 Å². The number of carbonyl (C=O) groups is 2. The van der Waals surface area contributed by atoms with Crippen molar-refractivity contribution in [1.29, 1.82) is 0 Å². The standard InChI is InChI=1S/C19H18O6/c1-4-19(2,3)16-13-9-8-12-15(16)18(21)23-25-24-22-17(20)14-10-6-5-7-11-14/h4-13H,1H2,2-3H3. The molecule has 0 spiro atoms. The third-order valence-electron chi connectivity index (χ3n) is 3.61. The number of hydrogen-bond acceptors (Lipinski definition) is 6. The van der Waals surface area contributed by atoms with Gasteiger partial charge in [-0.25, -0.2) is 9.59 Å². The second-order valence-electron chi connectivity index (χ2n) is 5.72. The molecular weight excluding hydrogens is 324 g/mol. The van der Waals surface area contributed by atoms with Crippen LogP contribution in [0.2, 0.25) is 0 Å². The summed E-state index contributed by atoms with van der Waals surface area (Å²) in [7, 11) is 0. The third kappa shape index (κ3) is 4.76. The molecule has 0 aliphatic rings. The second-order valence-corrected chi connectivity index (χ2v) is 5.72. The number of carbonyl (C=O) groups excluding carboxylic acids is 2. The number of hydrogen-bond donors (Lipinski definition) is 0. The van der Waals surface area contributed by atoms with E-state index in [0.29, 0.717) is 5.56 Å². The lowest BCUT2D eigenvalue weighted by Gasteiger charge is -2.22. The minimum atomic E-state index is -0.790. The van der Waals surface area contributed by atoms with Crippen LogP contribution in [0.4, 0.5) is 0 Å². The number of benzene rings is 2. The molecule has 130 valence electrons. The van der Waals surface area contributed by atoms with Crippen molar-refractivity contribution in [2.24, 2.45) is 0 Å². The molecule has 2 aromatic carbocycles. The summed E-state index contributed by atoms with van der Waals surface area (Å²) in [6.07, 6.45) is 1.72. The van der Waals surface area contributed by atoms with Crippen LogP contribution in [-0.4, -0.2) is 11.9 Å². The Morgan fingerprint density at radius 3 is 2.08 bits per heavy atom. The topological polar surface area (TPSA) is 71.1 Å². The molecule has 6 heteroatoms. The molecule has 0 N–H and O–H groups in total. The Kier molecular flexibility index (Phi) is 6.05. The Bertz CT molecular complexity index is 752. The predicted molar refractivity (Wildman–Crippen MR) is 89.1 cm³/mol. The van der Waals surface area contributed by atoms with Gasteiger partial charge in [-0.3, -0.25) is 9.78 Å². The molecular formula is C19H18O6. The van der Waals surface area contributed by atoms with Crippen LogP contribution in [0.5, 0.6) is 0 Å². The van der Waals surface area contributed by atoms with Gasteiger partial charge < -0.3 is 0 Å². The van der Waals surface area contributed by atoms with Crippen LogP contribution in [0, 0.1) is 0 Å². The van der Waals surface area contributed by atoms with Gasteiger partial charge in [0, 0.05) is 15.5 Å². The molecule has 0 saturated carbocycles. The zero-order chi connectivity index (χ0) is 18.3. The molecule has 0 aliphatic heterocycles. The summed E-state index contributed by atoms with van der Waals surface area (Å²) in [4.78, 5) is 32.6. The fraction of sp³-hybridized carbons (Fsp3) is 0.158. The Morgan fingerprint density at radius 2 is 1.44 bits per heavy atom. The highest BCUT2D eigenvalue weighted by Crippen LogP contribution is 2.27. The van der Waals surface area contributed by atoms with E-state index in [9.17, 15) is 9.59 Å². The molecule has 2 rings (SSSR count). The van der Waals surface area contributed by atoms with Gasteiger partial charge in [-0.15, -0.1) is 6.58 Å². The molecule has 0 unspecified atom stereocenters. The van der Waals surface area contributed by atoms with Crippen LogP contribution in [0.25, 0.3) is 0 Å². The Hall–Kier alpha value is -2.96. The summed E-state index contributed by atoms with van der Waals surface area (Å²) in [5.74, 6) is -1.58. The van der Waals surface area contributed by atoms with E-state index in [1.54, 1.807) is 48.5 Å². The molecule has 0 radical (unpaired) electrons. The van der Waals surface area contributed by atoms with E-state index in [-0.39, 0.29) is 11.1 Å². The Balaban J connectivity index is 1.91. The smallest absolute Gasteiger partial charge is 0.260 e. The fourth-order valence-corrected chi connectivity index (χ4v) is 2.09. The van der Waals surface area contributed by atoms with Crippen molar-refractivity contribution in [1.82, 2.24) is 0 Å². The highest BCUT2D eigenvalue weighted by atomic mass is 17.7. The van der Waals surface area contributed by atoms with Gasteiger partial charge in [0.15, 0.2) is 0 Å². The summed E-state index contributed by atoms with van der Waals surface area (Å²) in [6.45, 7) is 7.58. The SMILES string of the molecule is C=CC(C)(C)c1ccccc1C(=O)OOOOC(=O)c1ccccc1. The normalized spacial score (nSPS) is 10.8. The maximum atomic E-state index is 12.1. The van der Waals surface area contributed by atoms with E-state index in [0.717, 1.165) is 0 Å². The number of allylic oxidation sites excluding steroid dienone is 1. The van der Waals surface area contributed by atoms with Gasteiger partial charge in [-0.1, -0.05) is 56.3 Å². The summed E-state index contributed by atoms with van der Waals surface area (Å²) in [5.41, 5.74) is 0.803. The molecule has 25 heavy (non-hydrogen) atoms. The third-order valence-corrected chi connectivity index (χ3v) is 3.61. The average molecular weight is 342 g/mol. The van der Waals surface area contributed by atoms with Gasteiger partial charge in [0.2, 0.25) is 0 Å². The first-order chi connectivity index (χ1) is 12.0. The first kappa shape index (κ1) is 18.4. The zero-order valence-corrected chi connectivity index (χ0v) is 13.9. The number of rotatable bonds is 7. The zero-order valence-electron chi connectivity index (χ0n) is 13.9. The van der Waals surface area contributed by atoms with Gasteiger partial charge >= 0.3 is 11.9 Å². The lowest BCUT2D eigenvalue weighted by molar-refractivity contribution is -0.595. The van der Waals surface area contributed by atoms with E-state index in [2.05, 4.69) is 26.4 Å². The van der Waals surface area contributed by atoms with E-state index < -0.39 is 17.4 Å². The van der Waals surface area contributed by atoms with Crippen LogP contribution in [0.3, 0.4) is 0 Å². The van der Waals surface area contributed by atoms with Gasteiger partial charge in [-0.2, -0.15) is 0 Å². The molecule has 0 fully saturated rings. The van der Waals surface area contributed by atoms with Crippen molar-refractivity contribution in [3.63, 3.8) is 0 Å². The second kappa shape index (κ2) is 8.23.